The molecule has 4 nitrogen and oxygen atoms in total. The molecule has 0 aromatic carbocycles. The maximum absolute atomic E-state index is 10.7. The molecule has 2 atom stereocenters. The number of primary amides is 1. The first-order valence-corrected chi connectivity index (χ1v) is 4.94. The summed E-state index contributed by atoms with van der Waals surface area (Å²) in [5.41, 5.74) is 5.12. The Hall–Kier alpha value is -0.940. The molecule has 1 amide bonds. The van der Waals surface area contributed by atoms with Crippen molar-refractivity contribution >= 4 is 17.2 Å². The molecule has 0 saturated carbocycles. The Morgan fingerprint density at radius 3 is 2.85 bits per heavy atom. The number of nitrogens with two attached hydrogens (primary N) is 1. The summed E-state index contributed by atoms with van der Waals surface area (Å²) < 4.78 is 0. The van der Waals surface area contributed by atoms with Crippen LogP contribution >= 0.6 is 11.3 Å². The minimum Gasteiger partial charge on any atom is -0.368 e. The van der Waals surface area contributed by atoms with Gasteiger partial charge in [0.25, 0.3) is 0 Å². The Morgan fingerprint density at radius 1 is 1.69 bits per heavy atom. The molecule has 3 N–H and O–H groups in total. The number of rotatable bonds is 4. The average molecular weight is 199 g/mol. The quantitative estimate of drug-likeness (QED) is 0.748. The molecule has 1 aromatic rings. The minimum atomic E-state index is -0.344. The first-order valence-electron chi connectivity index (χ1n) is 4.06. The summed E-state index contributed by atoms with van der Waals surface area (Å²) in [5.74, 6) is -0.344. The van der Waals surface area contributed by atoms with Crippen molar-refractivity contribution in [3.05, 3.63) is 16.6 Å². The second kappa shape index (κ2) is 4.34. The molecule has 0 aliphatic heterocycles. The van der Waals surface area contributed by atoms with Gasteiger partial charge in [0.2, 0.25) is 5.91 Å². The molecule has 1 aromatic heterocycles. The minimum absolute atomic E-state index is 0.0718. The summed E-state index contributed by atoms with van der Waals surface area (Å²) in [6, 6.07) is -0.249. The van der Waals surface area contributed by atoms with E-state index in [4.69, 9.17) is 5.73 Å². The monoisotopic (exact) mass is 199 g/mol. The third kappa shape index (κ3) is 2.78. The molecule has 1 rings (SSSR count). The molecular weight excluding hydrogens is 186 g/mol. The standard InChI is InChI=1S/C8H13N3OS/c1-5(7(9)12)11-6(2)8-10-3-4-13-8/h3-6,11H,1-2H3,(H2,9,12). The number of hydrogen-bond donors (Lipinski definition) is 2. The van der Waals surface area contributed by atoms with Crippen LogP contribution in [0.3, 0.4) is 0 Å². The van der Waals surface area contributed by atoms with Gasteiger partial charge >= 0.3 is 0 Å². The zero-order chi connectivity index (χ0) is 9.84. The fourth-order valence-electron chi connectivity index (χ4n) is 0.977. The van der Waals surface area contributed by atoms with Crippen LogP contribution in [-0.4, -0.2) is 16.9 Å². The lowest BCUT2D eigenvalue weighted by Gasteiger charge is -2.14. The van der Waals surface area contributed by atoms with Crippen LogP contribution in [0.15, 0.2) is 11.6 Å². The summed E-state index contributed by atoms with van der Waals surface area (Å²) in [6.45, 7) is 3.70. The smallest absolute Gasteiger partial charge is 0.234 e. The van der Waals surface area contributed by atoms with E-state index in [0.717, 1.165) is 5.01 Å². The van der Waals surface area contributed by atoms with Gasteiger partial charge in [-0.1, -0.05) is 0 Å². The van der Waals surface area contributed by atoms with Crippen molar-refractivity contribution in [2.45, 2.75) is 25.9 Å². The van der Waals surface area contributed by atoms with Gasteiger partial charge in [-0.15, -0.1) is 11.3 Å². The molecular formula is C8H13N3OS. The summed E-state index contributed by atoms with van der Waals surface area (Å²) in [5, 5.41) is 5.93. The molecule has 0 fully saturated rings. The topological polar surface area (TPSA) is 68.0 Å². The number of hydrogen-bond acceptors (Lipinski definition) is 4. The van der Waals surface area contributed by atoms with Crippen LogP contribution in [0.1, 0.15) is 24.9 Å². The van der Waals surface area contributed by atoms with Crippen molar-refractivity contribution in [2.75, 3.05) is 0 Å². The second-order valence-corrected chi connectivity index (χ2v) is 3.81. The summed E-state index contributed by atoms with van der Waals surface area (Å²) in [6.07, 6.45) is 1.74. The highest BCUT2D eigenvalue weighted by molar-refractivity contribution is 7.09. The van der Waals surface area contributed by atoms with Crippen molar-refractivity contribution < 1.29 is 4.79 Å². The van der Waals surface area contributed by atoms with Gasteiger partial charge in [-0.3, -0.25) is 10.1 Å². The predicted octanol–water partition coefficient (Wildman–Crippen LogP) is 0.668. The molecule has 13 heavy (non-hydrogen) atoms. The van der Waals surface area contributed by atoms with Gasteiger partial charge in [0.1, 0.15) is 5.01 Å². The Kier molecular flexibility index (Phi) is 3.39. The maximum Gasteiger partial charge on any atom is 0.234 e. The molecule has 0 spiro atoms. The van der Waals surface area contributed by atoms with Gasteiger partial charge in [0, 0.05) is 11.6 Å². The second-order valence-electron chi connectivity index (χ2n) is 2.88. The van der Waals surface area contributed by atoms with Crippen molar-refractivity contribution in [3.8, 4) is 0 Å². The fourth-order valence-corrected chi connectivity index (χ4v) is 1.63. The number of aromatic nitrogens is 1. The van der Waals surface area contributed by atoms with Gasteiger partial charge in [-0.05, 0) is 13.8 Å². The third-order valence-electron chi connectivity index (χ3n) is 1.75. The van der Waals surface area contributed by atoms with Crippen LogP contribution in [0.2, 0.25) is 0 Å². The number of amides is 1. The first kappa shape index (κ1) is 10.1. The van der Waals surface area contributed by atoms with Crippen LogP contribution in [0.25, 0.3) is 0 Å². The molecule has 5 heteroatoms. The molecule has 2 unspecified atom stereocenters. The van der Waals surface area contributed by atoms with E-state index < -0.39 is 0 Å². The van der Waals surface area contributed by atoms with E-state index >= 15 is 0 Å². The van der Waals surface area contributed by atoms with Gasteiger partial charge in [-0.25, -0.2) is 4.98 Å². The molecule has 0 saturated heterocycles. The van der Waals surface area contributed by atoms with E-state index in [1.807, 2.05) is 12.3 Å². The van der Waals surface area contributed by atoms with E-state index in [1.54, 1.807) is 24.5 Å². The van der Waals surface area contributed by atoms with E-state index in [2.05, 4.69) is 10.3 Å². The first-order chi connectivity index (χ1) is 6.11. The normalized spacial score (nSPS) is 15.2. The highest BCUT2D eigenvalue weighted by atomic mass is 32.1. The van der Waals surface area contributed by atoms with Crippen LogP contribution in [0, 0.1) is 0 Å². The number of thiazole rings is 1. The fraction of sp³-hybridized carbons (Fsp3) is 0.500. The van der Waals surface area contributed by atoms with Gasteiger partial charge in [-0.2, -0.15) is 0 Å². The van der Waals surface area contributed by atoms with Gasteiger partial charge in [0.05, 0.1) is 12.1 Å². The lowest BCUT2D eigenvalue weighted by atomic mass is 10.2. The van der Waals surface area contributed by atoms with Crippen molar-refractivity contribution in [1.82, 2.24) is 10.3 Å². The van der Waals surface area contributed by atoms with Gasteiger partial charge < -0.3 is 5.73 Å². The Morgan fingerprint density at radius 2 is 2.38 bits per heavy atom. The molecule has 1 heterocycles. The zero-order valence-corrected chi connectivity index (χ0v) is 8.47. The highest BCUT2D eigenvalue weighted by Crippen LogP contribution is 2.14. The Balaban J connectivity index is 2.51. The lowest BCUT2D eigenvalue weighted by Crippen LogP contribution is -2.39. The van der Waals surface area contributed by atoms with Crippen LogP contribution in [-0.2, 0) is 4.79 Å². The van der Waals surface area contributed by atoms with E-state index in [1.165, 1.54) is 0 Å². The van der Waals surface area contributed by atoms with E-state index in [0.29, 0.717) is 0 Å². The van der Waals surface area contributed by atoms with Crippen molar-refractivity contribution in [2.24, 2.45) is 5.73 Å². The molecule has 0 aliphatic carbocycles. The SMILES string of the molecule is CC(NC(C)c1nccs1)C(N)=O. The summed E-state index contributed by atoms with van der Waals surface area (Å²) >= 11 is 1.56. The van der Waals surface area contributed by atoms with E-state index in [-0.39, 0.29) is 18.0 Å². The molecule has 0 radical (unpaired) electrons. The zero-order valence-electron chi connectivity index (χ0n) is 7.65. The number of carbonyl (C=O) groups excluding carboxylic acids is 1. The number of carbonyl (C=O) groups is 1. The highest BCUT2D eigenvalue weighted by Gasteiger charge is 2.14. The summed E-state index contributed by atoms with van der Waals surface area (Å²) in [7, 11) is 0. The van der Waals surface area contributed by atoms with Crippen LogP contribution in [0.5, 0.6) is 0 Å². The predicted molar refractivity (Wildman–Crippen MR) is 52.3 cm³/mol. The van der Waals surface area contributed by atoms with Crippen molar-refractivity contribution in [3.63, 3.8) is 0 Å². The molecule has 0 bridgehead atoms. The van der Waals surface area contributed by atoms with Crippen LogP contribution in [0.4, 0.5) is 0 Å². The number of nitrogens with one attached hydrogen (secondary N) is 1. The lowest BCUT2D eigenvalue weighted by molar-refractivity contribution is -0.119. The van der Waals surface area contributed by atoms with E-state index in [9.17, 15) is 4.79 Å². The maximum atomic E-state index is 10.7. The Labute approximate surface area is 81.2 Å². The third-order valence-corrected chi connectivity index (χ3v) is 2.71. The van der Waals surface area contributed by atoms with Crippen LogP contribution < -0.4 is 11.1 Å². The average Bonchev–Trinajstić information content (AvgIpc) is 2.55. The van der Waals surface area contributed by atoms with Crippen molar-refractivity contribution in [1.29, 1.82) is 0 Å². The molecule has 72 valence electrons. The van der Waals surface area contributed by atoms with Gasteiger partial charge in [0.15, 0.2) is 0 Å². The Bertz CT molecular complexity index is 273. The molecule has 0 aliphatic rings. The largest absolute Gasteiger partial charge is 0.368 e. The summed E-state index contributed by atoms with van der Waals surface area (Å²) in [4.78, 5) is 14.9. The number of nitrogens with zero attached hydrogens (tertiary/aromatic N) is 1.